The minimum absolute atomic E-state index is 0.0863. The first kappa shape index (κ1) is 16.9. The summed E-state index contributed by atoms with van der Waals surface area (Å²) in [6.07, 6.45) is 1.80. The van der Waals surface area contributed by atoms with E-state index in [-0.39, 0.29) is 18.4 Å². The van der Waals surface area contributed by atoms with Crippen LogP contribution in [0, 0.1) is 5.92 Å². The molecule has 0 rings (SSSR count). The van der Waals surface area contributed by atoms with Gasteiger partial charge in [-0.25, -0.2) is 0 Å². The average molecular weight is 258 g/mol. The molecule has 2 N–H and O–H groups in total. The number of carboxylic acid groups (broad SMARTS) is 1. The van der Waals surface area contributed by atoms with Gasteiger partial charge < -0.3 is 15.3 Å². The fourth-order valence-corrected chi connectivity index (χ4v) is 1.47. The predicted molar refractivity (Wildman–Crippen MR) is 71.4 cm³/mol. The van der Waals surface area contributed by atoms with Gasteiger partial charge in [-0.3, -0.25) is 9.59 Å². The van der Waals surface area contributed by atoms with Gasteiger partial charge in [0.15, 0.2) is 0 Å². The van der Waals surface area contributed by atoms with Crippen LogP contribution < -0.4 is 5.32 Å². The van der Waals surface area contributed by atoms with E-state index in [1.807, 2.05) is 20.8 Å². The first-order valence-electron chi connectivity index (χ1n) is 6.52. The molecule has 0 aromatic rings. The largest absolute Gasteiger partial charge is 0.481 e. The van der Waals surface area contributed by atoms with Crippen LogP contribution in [0.2, 0.25) is 0 Å². The van der Waals surface area contributed by atoms with Crippen molar-refractivity contribution >= 4 is 11.9 Å². The van der Waals surface area contributed by atoms with Crippen molar-refractivity contribution in [1.29, 1.82) is 0 Å². The molecule has 1 amide bonds. The van der Waals surface area contributed by atoms with Crippen LogP contribution >= 0.6 is 0 Å². The van der Waals surface area contributed by atoms with Gasteiger partial charge in [-0.05, 0) is 39.2 Å². The SMILES string of the molecule is CC(CCNCC(=O)N(C)C(C)C)CCC(=O)O. The van der Waals surface area contributed by atoms with Crippen LogP contribution in [0.5, 0.6) is 0 Å². The number of aliphatic carboxylic acids is 1. The molecule has 0 spiro atoms. The monoisotopic (exact) mass is 258 g/mol. The Morgan fingerprint density at radius 2 is 1.83 bits per heavy atom. The van der Waals surface area contributed by atoms with Gasteiger partial charge in [0, 0.05) is 19.5 Å². The van der Waals surface area contributed by atoms with Gasteiger partial charge in [-0.2, -0.15) is 0 Å². The number of carbonyl (C=O) groups is 2. The van der Waals surface area contributed by atoms with Crippen LogP contribution in [-0.4, -0.2) is 48.1 Å². The molecule has 0 aliphatic carbocycles. The number of nitrogens with zero attached hydrogens (tertiary/aromatic N) is 1. The lowest BCUT2D eigenvalue weighted by Gasteiger charge is -2.21. The summed E-state index contributed by atoms with van der Waals surface area (Å²) < 4.78 is 0. The molecule has 1 unspecified atom stereocenters. The van der Waals surface area contributed by atoms with Gasteiger partial charge in [-0.1, -0.05) is 6.92 Å². The maximum Gasteiger partial charge on any atom is 0.303 e. The maximum atomic E-state index is 11.6. The van der Waals surface area contributed by atoms with Gasteiger partial charge in [0.1, 0.15) is 0 Å². The molecule has 0 aromatic heterocycles. The minimum atomic E-state index is -0.747. The van der Waals surface area contributed by atoms with E-state index in [4.69, 9.17) is 5.11 Å². The van der Waals surface area contributed by atoms with E-state index in [9.17, 15) is 9.59 Å². The first-order chi connectivity index (χ1) is 8.34. The Labute approximate surface area is 110 Å². The number of nitrogens with one attached hydrogen (secondary N) is 1. The van der Waals surface area contributed by atoms with Crippen LogP contribution in [-0.2, 0) is 9.59 Å². The normalized spacial score (nSPS) is 12.5. The van der Waals surface area contributed by atoms with Gasteiger partial charge in [0.05, 0.1) is 6.54 Å². The highest BCUT2D eigenvalue weighted by Crippen LogP contribution is 2.08. The molecule has 0 aromatic carbocycles. The lowest BCUT2D eigenvalue weighted by molar-refractivity contribution is -0.137. The summed E-state index contributed by atoms with van der Waals surface area (Å²) in [5, 5.41) is 11.7. The zero-order chi connectivity index (χ0) is 14.1. The van der Waals surface area contributed by atoms with Crippen LogP contribution in [0.25, 0.3) is 0 Å². The van der Waals surface area contributed by atoms with E-state index in [2.05, 4.69) is 5.32 Å². The molecule has 0 aliphatic heterocycles. The van der Waals surface area contributed by atoms with E-state index >= 15 is 0 Å². The average Bonchev–Trinajstić information content (AvgIpc) is 2.30. The fourth-order valence-electron chi connectivity index (χ4n) is 1.47. The Kier molecular flexibility index (Phi) is 8.37. The lowest BCUT2D eigenvalue weighted by atomic mass is 10.0. The molecule has 5 nitrogen and oxygen atoms in total. The van der Waals surface area contributed by atoms with Crippen molar-refractivity contribution in [2.24, 2.45) is 5.92 Å². The highest BCUT2D eigenvalue weighted by atomic mass is 16.4. The van der Waals surface area contributed by atoms with Crippen molar-refractivity contribution < 1.29 is 14.7 Å². The molecule has 18 heavy (non-hydrogen) atoms. The molecular formula is C13H26N2O3. The molecule has 0 bridgehead atoms. The number of carbonyl (C=O) groups excluding carboxylic acids is 1. The van der Waals surface area contributed by atoms with Crippen molar-refractivity contribution in [1.82, 2.24) is 10.2 Å². The number of hydrogen-bond donors (Lipinski definition) is 2. The third-order valence-corrected chi connectivity index (χ3v) is 3.11. The Hall–Kier alpha value is -1.10. The Bertz CT molecular complexity index is 267. The third-order valence-electron chi connectivity index (χ3n) is 3.11. The molecule has 0 saturated heterocycles. The van der Waals surface area contributed by atoms with Crippen LogP contribution in [0.15, 0.2) is 0 Å². The molecule has 0 aliphatic rings. The van der Waals surface area contributed by atoms with Crippen LogP contribution in [0.1, 0.15) is 40.0 Å². The maximum absolute atomic E-state index is 11.6. The van der Waals surface area contributed by atoms with Crippen molar-refractivity contribution in [2.75, 3.05) is 20.1 Å². The van der Waals surface area contributed by atoms with Gasteiger partial charge in [-0.15, -0.1) is 0 Å². The Morgan fingerprint density at radius 1 is 1.22 bits per heavy atom. The summed E-state index contributed by atoms with van der Waals surface area (Å²) in [6.45, 7) is 7.09. The van der Waals surface area contributed by atoms with Crippen molar-refractivity contribution in [3.05, 3.63) is 0 Å². The number of hydrogen-bond acceptors (Lipinski definition) is 3. The third kappa shape index (κ3) is 8.06. The molecule has 106 valence electrons. The summed E-state index contributed by atoms with van der Waals surface area (Å²) in [4.78, 5) is 23.7. The summed E-state index contributed by atoms with van der Waals surface area (Å²) in [6, 6.07) is 0.216. The predicted octanol–water partition coefficient (Wildman–Crippen LogP) is 1.33. The van der Waals surface area contributed by atoms with Gasteiger partial charge in [0.25, 0.3) is 0 Å². The number of rotatable bonds is 9. The second-order valence-corrected chi connectivity index (χ2v) is 5.10. The second kappa shape index (κ2) is 8.91. The lowest BCUT2D eigenvalue weighted by Crippen LogP contribution is -2.39. The van der Waals surface area contributed by atoms with E-state index in [0.717, 1.165) is 13.0 Å². The smallest absolute Gasteiger partial charge is 0.303 e. The van der Waals surface area contributed by atoms with Gasteiger partial charge in [0.2, 0.25) is 5.91 Å². The fraction of sp³-hybridized carbons (Fsp3) is 0.846. The molecule has 1 atom stereocenters. The summed E-state index contributed by atoms with van der Waals surface area (Å²) in [5.74, 6) is -0.293. The van der Waals surface area contributed by atoms with Crippen molar-refractivity contribution in [3.63, 3.8) is 0 Å². The number of carboxylic acids is 1. The van der Waals surface area contributed by atoms with Gasteiger partial charge >= 0.3 is 5.97 Å². The molecule has 0 saturated carbocycles. The molecule has 0 radical (unpaired) electrons. The molecular weight excluding hydrogens is 232 g/mol. The standard InChI is InChI=1S/C13H26N2O3/c1-10(2)15(4)12(16)9-14-8-7-11(3)5-6-13(17)18/h10-11,14H,5-9H2,1-4H3,(H,17,18). The van der Waals surface area contributed by atoms with Crippen molar-refractivity contribution in [3.8, 4) is 0 Å². The second-order valence-electron chi connectivity index (χ2n) is 5.10. The van der Waals surface area contributed by atoms with Crippen molar-refractivity contribution in [2.45, 2.75) is 46.1 Å². The quantitative estimate of drug-likeness (QED) is 0.612. The zero-order valence-electron chi connectivity index (χ0n) is 11.9. The highest BCUT2D eigenvalue weighted by Gasteiger charge is 2.11. The van der Waals surface area contributed by atoms with E-state index in [0.29, 0.717) is 18.9 Å². The zero-order valence-corrected chi connectivity index (χ0v) is 11.9. The summed E-state index contributed by atoms with van der Waals surface area (Å²) in [7, 11) is 1.80. The van der Waals surface area contributed by atoms with E-state index < -0.39 is 5.97 Å². The van der Waals surface area contributed by atoms with E-state index in [1.54, 1.807) is 11.9 Å². The topological polar surface area (TPSA) is 69.6 Å². The summed E-state index contributed by atoms with van der Waals surface area (Å²) in [5.41, 5.74) is 0. The first-order valence-corrected chi connectivity index (χ1v) is 6.52. The molecule has 5 heteroatoms. The minimum Gasteiger partial charge on any atom is -0.481 e. The number of amides is 1. The Morgan fingerprint density at radius 3 is 2.33 bits per heavy atom. The number of likely N-dealkylation sites (N-methyl/N-ethyl adjacent to an activating group) is 1. The summed E-state index contributed by atoms with van der Waals surface area (Å²) >= 11 is 0. The van der Waals surface area contributed by atoms with E-state index in [1.165, 1.54) is 0 Å². The van der Waals surface area contributed by atoms with Crippen LogP contribution in [0.4, 0.5) is 0 Å². The Balaban J connectivity index is 3.61. The molecule has 0 heterocycles. The molecule has 0 fully saturated rings. The van der Waals surface area contributed by atoms with Crippen LogP contribution in [0.3, 0.4) is 0 Å². The highest BCUT2D eigenvalue weighted by molar-refractivity contribution is 5.78.